The zero-order valence-electron chi connectivity index (χ0n) is 22.3. The molecular formula is C28H37N5O4. The summed E-state index contributed by atoms with van der Waals surface area (Å²) >= 11 is 0. The van der Waals surface area contributed by atoms with Gasteiger partial charge in [0.2, 0.25) is 5.91 Å². The molecule has 0 N–H and O–H groups in total. The Labute approximate surface area is 218 Å². The fourth-order valence-corrected chi connectivity index (χ4v) is 6.64. The minimum atomic E-state index is -0.575. The van der Waals surface area contributed by atoms with Crippen molar-refractivity contribution in [1.29, 1.82) is 0 Å². The number of nitrogens with zero attached hydrogens (tertiary/aromatic N) is 5. The first kappa shape index (κ1) is 24.2. The van der Waals surface area contributed by atoms with Crippen molar-refractivity contribution in [2.45, 2.75) is 76.4 Å². The summed E-state index contributed by atoms with van der Waals surface area (Å²) in [6.45, 7) is 8.33. The van der Waals surface area contributed by atoms with Gasteiger partial charge >= 0.3 is 6.09 Å². The topological polar surface area (TPSA) is 89.8 Å². The lowest BCUT2D eigenvalue weighted by molar-refractivity contribution is -0.136. The van der Waals surface area contributed by atoms with Gasteiger partial charge in [-0.25, -0.2) is 9.78 Å². The maximum atomic E-state index is 12.7. The summed E-state index contributed by atoms with van der Waals surface area (Å²) in [6, 6.07) is 3.86. The molecule has 5 heterocycles. The summed E-state index contributed by atoms with van der Waals surface area (Å²) in [4.78, 5) is 38.6. The van der Waals surface area contributed by atoms with Gasteiger partial charge in [0.05, 0.1) is 12.3 Å². The Morgan fingerprint density at radius 2 is 1.89 bits per heavy atom. The van der Waals surface area contributed by atoms with Crippen LogP contribution in [-0.2, 0) is 22.2 Å². The van der Waals surface area contributed by atoms with Crippen LogP contribution in [0.25, 0.3) is 11.4 Å². The molecule has 3 fully saturated rings. The Hall–Kier alpha value is -3.10. The lowest BCUT2D eigenvalue weighted by atomic mass is 9.82. The van der Waals surface area contributed by atoms with Crippen LogP contribution in [-0.4, -0.2) is 68.1 Å². The Bertz CT molecular complexity index is 1230. The normalized spacial score (nSPS) is 23.7. The van der Waals surface area contributed by atoms with Crippen molar-refractivity contribution in [3.8, 4) is 17.1 Å². The second-order valence-corrected chi connectivity index (χ2v) is 11.9. The van der Waals surface area contributed by atoms with Crippen molar-refractivity contribution in [3.63, 3.8) is 0 Å². The zero-order chi connectivity index (χ0) is 25.9. The maximum absolute atomic E-state index is 12.7. The molecule has 0 aromatic carbocycles. The van der Waals surface area contributed by atoms with Crippen molar-refractivity contribution in [2.24, 2.45) is 13.0 Å². The van der Waals surface area contributed by atoms with Gasteiger partial charge in [0.25, 0.3) is 0 Å². The summed E-state index contributed by atoms with van der Waals surface area (Å²) in [5, 5.41) is 0. The second kappa shape index (κ2) is 8.74. The summed E-state index contributed by atoms with van der Waals surface area (Å²) in [5.74, 6) is 2.66. The van der Waals surface area contributed by atoms with E-state index in [2.05, 4.69) is 30.4 Å². The van der Waals surface area contributed by atoms with E-state index in [1.807, 2.05) is 21.9 Å². The monoisotopic (exact) mass is 507 g/mol. The highest BCUT2D eigenvalue weighted by molar-refractivity contribution is 5.74. The van der Waals surface area contributed by atoms with Crippen LogP contribution in [0, 0.1) is 5.92 Å². The molecule has 2 aromatic heterocycles. The van der Waals surface area contributed by atoms with E-state index in [0.29, 0.717) is 38.5 Å². The van der Waals surface area contributed by atoms with Crippen molar-refractivity contribution >= 4 is 12.0 Å². The van der Waals surface area contributed by atoms with Gasteiger partial charge in [-0.2, -0.15) is 0 Å². The molecule has 0 bridgehead atoms. The number of amides is 2. The number of carbonyl (C=O) groups is 2. The average Bonchev–Trinajstić information content (AvgIpc) is 3.63. The number of rotatable bonds is 3. The molecule has 2 saturated heterocycles. The molecule has 2 aromatic rings. The van der Waals surface area contributed by atoms with Gasteiger partial charge in [-0.05, 0) is 57.6 Å². The van der Waals surface area contributed by atoms with E-state index in [9.17, 15) is 9.59 Å². The Morgan fingerprint density at radius 1 is 1.14 bits per heavy atom. The highest BCUT2D eigenvalue weighted by Gasteiger charge is 2.49. The van der Waals surface area contributed by atoms with Crippen LogP contribution in [0.3, 0.4) is 0 Å². The molecule has 2 amide bonds. The van der Waals surface area contributed by atoms with E-state index in [4.69, 9.17) is 14.5 Å². The molecule has 37 heavy (non-hydrogen) atoms. The number of likely N-dealkylation sites (tertiary alicyclic amines) is 2. The number of pyridine rings is 1. The van der Waals surface area contributed by atoms with E-state index < -0.39 is 5.60 Å². The lowest BCUT2D eigenvalue weighted by Gasteiger charge is -2.45. The lowest BCUT2D eigenvalue weighted by Crippen LogP contribution is -2.52. The van der Waals surface area contributed by atoms with Gasteiger partial charge in [-0.3, -0.25) is 9.78 Å². The zero-order valence-corrected chi connectivity index (χ0v) is 22.3. The Kier molecular flexibility index (Phi) is 5.73. The Balaban J connectivity index is 1.31. The van der Waals surface area contributed by atoms with Crippen molar-refractivity contribution < 1.29 is 19.1 Å². The first-order chi connectivity index (χ1) is 17.7. The van der Waals surface area contributed by atoms with Gasteiger partial charge in [0.1, 0.15) is 23.0 Å². The van der Waals surface area contributed by atoms with Crippen LogP contribution < -0.4 is 4.74 Å². The van der Waals surface area contributed by atoms with Gasteiger partial charge < -0.3 is 23.8 Å². The van der Waals surface area contributed by atoms with Crippen molar-refractivity contribution in [3.05, 3.63) is 29.8 Å². The first-order valence-electron chi connectivity index (χ1n) is 13.6. The second-order valence-electron chi connectivity index (χ2n) is 11.9. The fourth-order valence-electron chi connectivity index (χ4n) is 6.64. The minimum absolute atomic E-state index is 0.121. The summed E-state index contributed by atoms with van der Waals surface area (Å²) < 4.78 is 14.5. The third kappa shape index (κ3) is 4.16. The van der Waals surface area contributed by atoms with Crippen LogP contribution in [0.2, 0.25) is 0 Å². The van der Waals surface area contributed by atoms with Crippen LogP contribution in [0.15, 0.2) is 18.3 Å². The quantitative estimate of drug-likeness (QED) is 0.618. The highest BCUT2D eigenvalue weighted by Crippen LogP contribution is 2.50. The molecule has 0 radical (unpaired) electrons. The molecule has 1 aliphatic carbocycles. The minimum Gasteiger partial charge on any atom is -0.478 e. The molecular weight excluding hydrogens is 470 g/mol. The first-order valence-corrected chi connectivity index (χ1v) is 13.6. The molecule has 4 aliphatic rings. The van der Waals surface area contributed by atoms with Crippen LogP contribution in [0.4, 0.5) is 4.79 Å². The van der Waals surface area contributed by atoms with Gasteiger partial charge in [0.15, 0.2) is 5.60 Å². The number of fused-ring (bicyclic) bond motifs is 4. The molecule has 0 unspecified atom stereocenters. The van der Waals surface area contributed by atoms with Crippen LogP contribution in [0.1, 0.15) is 76.7 Å². The molecule has 9 heteroatoms. The SMILES string of the molecule is CC(=O)N1CC[C@@H](c2nc3c(n2C)C2(CCN(C(=O)OCC4CC4)CC2)Oc2cccnc2-3)CC1(C)C. The molecule has 9 nitrogen and oxygen atoms in total. The number of hydrogen-bond acceptors (Lipinski definition) is 6. The molecule has 3 aliphatic heterocycles. The van der Waals surface area contributed by atoms with E-state index in [1.54, 1.807) is 13.1 Å². The molecule has 1 atom stereocenters. The number of carbonyl (C=O) groups excluding carboxylic acids is 2. The van der Waals surface area contributed by atoms with E-state index in [-0.39, 0.29) is 23.5 Å². The number of hydrogen-bond donors (Lipinski definition) is 0. The summed E-state index contributed by atoms with van der Waals surface area (Å²) in [6.07, 6.45) is 6.94. The predicted molar refractivity (Wildman–Crippen MR) is 137 cm³/mol. The number of ether oxygens (including phenoxy) is 2. The summed E-state index contributed by atoms with van der Waals surface area (Å²) in [7, 11) is 2.08. The van der Waals surface area contributed by atoms with Crippen molar-refractivity contribution in [2.75, 3.05) is 26.2 Å². The molecule has 198 valence electrons. The molecule has 1 saturated carbocycles. The van der Waals surface area contributed by atoms with Gasteiger partial charge in [0, 0.05) is 64.1 Å². The summed E-state index contributed by atoms with van der Waals surface area (Å²) in [5.41, 5.74) is 1.89. The van der Waals surface area contributed by atoms with Crippen LogP contribution >= 0.6 is 0 Å². The standard InChI is InChI=1S/C28H37N5O4/c1-18(34)33-13-9-20(16-27(33,2)3)25-30-23-22-21(6-5-12-29-22)37-28(24(23)31(25)4)10-14-32(15-11-28)26(35)36-17-19-7-8-19/h5-6,12,19-20H,7-11,13-17H2,1-4H3/t20-/m1/s1. The maximum Gasteiger partial charge on any atom is 0.409 e. The molecule has 1 spiro atoms. The fraction of sp³-hybridized carbons (Fsp3) is 0.643. The van der Waals surface area contributed by atoms with Crippen molar-refractivity contribution in [1.82, 2.24) is 24.3 Å². The average molecular weight is 508 g/mol. The van der Waals surface area contributed by atoms with Crippen LogP contribution in [0.5, 0.6) is 5.75 Å². The van der Waals surface area contributed by atoms with E-state index >= 15 is 0 Å². The smallest absolute Gasteiger partial charge is 0.409 e. The van der Waals surface area contributed by atoms with E-state index in [0.717, 1.165) is 60.9 Å². The number of piperidine rings is 2. The highest BCUT2D eigenvalue weighted by atomic mass is 16.6. The number of imidazole rings is 1. The predicted octanol–water partition coefficient (Wildman–Crippen LogP) is 4.22. The number of aromatic nitrogens is 3. The Morgan fingerprint density at radius 3 is 2.57 bits per heavy atom. The third-order valence-corrected chi connectivity index (χ3v) is 8.75. The largest absolute Gasteiger partial charge is 0.478 e. The van der Waals surface area contributed by atoms with Gasteiger partial charge in [-0.1, -0.05) is 0 Å². The van der Waals surface area contributed by atoms with E-state index in [1.165, 1.54) is 0 Å². The van der Waals surface area contributed by atoms with Gasteiger partial charge in [-0.15, -0.1) is 0 Å². The third-order valence-electron chi connectivity index (χ3n) is 8.75. The molecule has 6 rings (SSSR count).